The second-order valence-corrected chi connectivity index (χ2v) is 7.68. The minimum atomic E-state index is -0.706. The van der Waals surface area contributed by atoms with Gasteiger partial charge < -0.3 is 24.3 Å². The molecule has 0 aliphatic carbocycles. The van der Waals surface area contributed by atoms with E-state index >= 15 is 0 Å². The first-order valence-electron chi connectivity index (χ1n) is 9.52. The minimum absolute atomic E-state index is 0.136. The third-order valence-electron chi connectivity index (χ3n) is 4.03. The van der Waals surface area contributed by atoms with Crippen molar-refractivity contribution in [1.82, 2.24) is 19.8 Å². The summed E-state index contributed by atoms with van der Waals surface area (Å²) in [4.78, 5) is 41.8. The predicted molar refractivity (Wildman–Crippen MR) is 109 cm³/mol. The third-order valence-corrected chi connectivity index (χ3v) is 4.03. The first-order chi connectivity index (χ1) is 14.2. The molecule has 0 bridgehead atoms. The van der Waals surface area contributed by atoms with E-state index in [1.165, 1.54) is 12.0 Å². The van der Waals surface area contributed by atoms with Crippen molar-refractivity contribution in [3.63, 3.8) is 0 Å². The molecule has 0 atom stereocenters. The zero-order chi connectivity index (χ0) is 22.1. The minimum Gasteiger partial charge on any atom is -0.468 e. The Morgan fingerprint density at radius 3 is 2.50 bits per heavy atom. The Kier molecular flexibility index (Phi) is 7.97. The molecule has 0 spiro atoms. The molecular weight excluding hydrogens is 388 g/mol. The highest BCUT2D eigenvalue weighted by Crippen LogP contribution is 2.10. The number of imidazole rings is 1. The molecule has 2 aromatic rings. The van der Waals surface area contributed by atoms with Gasteiger partial charge in [0, 0.05) is 12.7 Å². The molecule has 162 valence electrons. The van der Waals surface area contributed by atoms with Crippen LogP contribution in [0.1, 0.15) is 32.0 Å². The first kappa shape index (κ1) is 22.9. The molecule has 1 N–H and O–H groups in total. The van der Waals surface area contributed by atoms with E-state index in [1.54, 1.807) is 33.3 Å². The van der Waals surface area contributed by atoms with E-state index in [0.717, 1.165) is 11.3 Å². The number of hydrogen-bond donors (Lipinski definition) is 1. The third kappa shape index (κ3) is 7.57. The number of carbonyl (C=O) groups is 3. The Morgan fingerprint density at radius 1 is 1.17 bits per heavy atom. The summed E-state index contributed by atoms with van der Waals surface area (Å²) in [7, 11) is 1.25. The lowest BCUT2D eigenvalue weighted by Gasteiger charge is -2.23. The monoisotopic (exact) mass is 416 g/mol. The molecule has 0 unspecified atom stereocenters. The molecule has 9 nitrogen and oxygen atoms in total. The number of nitrogens with zero attached hydrogens (tertiary/aromatic N) is 3. The second kappa shape index (κ2) is 10.4. The quantitative estimate of drug-likeness (QED) is 0.660. The van der Waals surface area contributed by atoms with Gasteiger partial charge >= 0.3 is 12.1 Å². The molecule has 1 aromatic heterocycles. The largest absolute Gasteiger partial charge is 0.468 e. The Morgan fingerprint density at radius 2 is 1.87 bits per heavy atom. The van der Waals surface area contributed by atoms with E-state index in [1.807, 2.05) is 34.9 Å². The average molecular weight is 416 g/mol. The zero-order valence-electron chi connectivity index (χ0n) is 17.8. The molecule has 0 fully saturated rings. The van der Waals surface area contributed by atoms with Crippen LogP contribution in [0.4, 0.5) is 4.79 Å². The summed E-state index contributed by atoms with van der Waals surface area (Å²) in [6, 6.07) is 9.81. The number of rotatable bonds is 8. The molecule has 30 heavy (non-hydrogen) atoms. The summed E-state index contributed by atoms with van der Waals surface area (Å²) >= 11 is 0. The van der Waals surface area contributed by atoms with Crippen LogP contribution < -0.4 is 5.32 Å². The van der Waals surface area contributed by atoms with Crippen LogP contribution in [0.3, 0.4) is 0 Å². The predicted octanol–water partition coefficient (Wildman–Crippen LogP) is 1.96. The number of esters is 1. The number of aromatic nitrogens is 2. The summed E-state index contributed by atoms with van der Waals surface area (Å²) in [6.45, 7) is 5.34. The fourth-order valence-electron chi connectivity index (χ4n) is 2.62. The van der Waals surface area contributed by atoms with Gasteiger partial charge in [-0.15, -0.1) is 0 Å². The van der Waals surface area contributed by atoms with Crippen molar-refractivity contribution in [1.29, 1.82) is 0 Å². The van der Waals surface area contributed by atoms with E-state index in [-0.39, 0.29) is 19.6 Å². The van der Waals surface area contributed by atoms with E-state index in [4.69, 9.17) is 9.47 Å². The highest BCUT2D eigenvalue weighted by molar-refractivity contribution is 5.85. The van der Waals surface area contributed by atoms with Crippen LogP contribution >= 0.6 is 0 Å². The van der Waals surface area contributed by atoms with Crippen LogP contribution in [-0.2, 0) is 32.2 Å². The van der Waals surface area contributed by atoms with Gasteiger partial charge in [0.05, 0.1) is 25.7 Å². The van der Waals surface area contributed by atoms with Crippen LogP contribution in [0.25, 0.3) is 0 Å². The van der Waals surface area contributed by atoms with Crippen LogP contribution in [0.5, 0.6) is 0 Å². The fraction of sp³-hybridized carbons (Fsp3) is 0.429. The molecule has 2 rings (SSSR count). The average Bonchev–Trinajstić information content (AvgIpc) is 3.11. The summed E-state index contributed by atoms with van der Waals surface area (Å²) in [5, 5.41) is 2.42. The number of ether oxygens (including phenoxy) is 2. The topological polar surface area (TPSA) is 103 Å². The standard InChI is InChI=1S/C21H28N4O5/c1-21(2,3)30-20(28)23-11-18(26)24(14-19(27)29-4)13-17-10-22-15-25(17)12-16-8-6-5-7-9-16/h5-10,15H,11-14H2,1-4H3,(H,23,28). The molecular formula is C21H28N4O5. The summed E-state index contributed by atoms with van der Waals surface area (Å²) in [5.74, 6) is -1.01. The molecule has 9 heteroatoms. The number of amides is 2. The second-order valence-electron chi connectivity index (χ2n) is 7.68. The van der Waals surface area contributed by atoms with Crippen LogP contribution in [0, 0.1) is 0 Å². The van der Waals surface area contributed by atoms with Crippen molar-refractivity contribution >= 4 is 18.0 Å². The smallest absolute Gasteiger partial charge is 0.408 e. The maximum absolute atomic E-state index is 12.7. The van der Waals surface area contributed by atoms with Crippen LogP contribution in [0.2, 0.25) is 0 Å². The summed E-state index contributed by atoms with van der Waals surface area (Å²) in [5.41, 5.74) is 1.14. The molecule has 0 saturated heterocycles. The van der Waals surface area contributed by atoms with Crippen LogP contribution in [0.15, 0.2) is 42.9 Å². The van der Waals surface area contributed by atoms with Crippen molar-refractivity contribution in [3.05, 3.63) is 54.1 Å². The molecule has 0 aliphatic heterocycles. The Balaban J connectivity index is 2.06. The van der Waals surface area contributed by atoms with Gasteiger partial charge in [-0.2, -0.15) is 0 Å². The van der Waals surface area contributed by atoms with Crippen molar-refractivity contribution < 1.29 is 23.9 Å². The van der Waals surface area contributed by atoms with Gasteiger partial charge in [0.1, 0.15) is 18.7 Å². The molecule has 1 heterocycles. The summed E-state index contributed by atoms with van der Waals surface area (Å²) in [6.07, 6.45) is 2.60. The highest BCUT2D eigenvalue weighted by atomic mass is 16.6. The van der Waals surface area contributed by atoms with Gasteiger partial charge in [-0.1, -0.05) is 30.3 Å². The molecule has 2 amide bonds. The number of alkyl carbamates (subject to hydrolysis) is 1. The van der Waals surface area contributed by atoms with E-state index < -0.39 is 23.6 Å². The zero-order valence-corrected chi connectivity index (χ0v) is 17.8. The van der Waals surface area contributed by atoms with Crippen molar-refractivity contribution in [2.24, 2.45) is 0 Å². The number of carbonyl (C=O) groups excluding carboxylic acids is 3. The maximum atomic E-state index is 12.7. The fourth-order valence-corrected chi connectivity index (χ4v) is 2.62. The van der Waals surface area contributed by atoms with Gasteiger partial charge in [0.25, 0.3) is 0 Å². The SMILES string of the molecule is COC(=O)CN(Cc1cncn1Cc1ccccc1)C(=O)CNC(=O)OC(C)(C)C. The highest BCUT2D eigenvalue weighted by Gasteiger charge is 2.22. The van der Waals surface area contributed by atoms with Crippen molar-refractivity contribution in [2.75, 3.05) is 20.2 Å². The Bertz CT molecular complexity index is 858. The van der Waals surface area contributed by atoms with Crippen molar-refractivity contribution in [2.45, 2.75) is 39.5 Å². The molecule has 0 radical (unpaired) electrons. The number of methoxy groups -OCH3 is 1. The van der Waals surface area contributed by atoms with E-state index in [2.05, 4.69) is 10.3 Å². The molecule has 0 aliphatic rings. The lowest BCUT2D eigenvalue weighted by molar-refractivity contribution is -0.147. The van der Waals surface area contributed by atoms with Gasteiger partial charge in [-0.3, -0.25) is 9.59 Å². The first-order valence-corrected chi connectivity index (χ1v) is 9.52. The maximum Gasteiger partial charge on any atom is 0.408 e. The van der Waals surface area contributed by atoms with Gasteiger partial charge in [0.2, 0.25) is 5.91 Å². The normalized spacial score (nSPS) is 10.9. The lowest BCUT2D eigenvalue weighted by atomic mass is 10.2. The van der Waals surface area contributed by atoms with Crippen molar-refractivity contribution in [3.8, 4) is 0 Å². The lowest BCUT2D eigenvalue weighted by Crippen LogP contribution is -2.43. The van der Waals surface area contributed by atoms with Gasteiger partial charge in [0.15, 0.2) is 0 Å². The molecule has 0 saturated carbocycles. The van der Waals surface area contributed by atoms with E-state index in [0.29, 0.717) is 6.54 Å². The Labute approximate surface area is 176 Å². The van der Waals surface area contributed by atoms with Gasteiger partial charge in [-0.25, -0.2) is 9.78 Å². The number of benzene rings is 1. The van der Waals surface area contributed by atoms with Gasteiger partial charge in [-0.05, 0) is 26.3 Å². The number of nitrogens with one attached hydrogen (secondary N) is 1. The van der Waals surface area contributed by atoms with Crippen LogP contribution in [-0.4, -0.2) is 58.2 Å². The summed E-state index contributed by atoms with van der Waals surface area (Å²) < 4.78 is 11.7. The Hall–Kier alpha value is -3.36. The number of hydrogen-bond acceptors (Lipinski definition) is 6. The van der Waals surface area contributed by atoms with E-state index in [9.17, 15) is 14.4 Å². The molecule has 1 aromatic carbocycles.